The number of nitrogens with zero attached hydrogens (tertiary/aromatic N) is 2. The average molecular weight is 353 g/mol. The van der Waals surface area contributed by atoms with Crippen molar-refractivity contribution in [1.29, 1.82) is 0 Å². The SMILES string of the molecule is CCNC(=NCc1ccccn1)NCc1ccc(S(N)(=O)=O)s1. The second-order valence-electron chi connectivity index (χ2n) is 4.64. The van der Waals surface area contributed by atoms with Gasteiger partial charge in [-0.15, -0.1) is 11.3 Å². The van der Waals surface area contributed by atoms with E-state index in [9.17, 15) is 8.42 Å². The van der Waals surface area contributed by atoms with Gasteiger partial charge in [0.15, 0.2) is 5.96 Å². The van der Waals surface area contributed by atoms with Gasteiger partial charge in [-0.25, -0.2) is 18.5 Å². The second kappa shape index (κ2) is 8.04. The predicted octanol–water partition coefficient (Wildman–Crippen LogP) is 1.05. The Morgan fingerprint density at radius 2 is 2.13 bits per heavy atom. The van der Waals surface area contributed by atoms with E-state index in [-0.39, 0.29) is 4.21 Å². The molecule has 0 bridgehead atoms. The van der Waals surface area contributed by atoms with E-state index in [1.54, 1.807) is 12.3 Å². The van der Waals surface area contributed by atoms with Gasteiger partial charge in [-0.2, -0.15) is 0 Å². The number of pyridine rings is 1. The highest BCUT2D eigenvalue weighted by atomic mass is 32.2. The smallest absolute Gasteiger partial charge is 0.247 e. The summed E-state index contributed by atoms with van der Waals surface area (Å²) in [6.07, 6.45) is 1.73. The Labute approximate surface area is 139 Å². The quantitative estimate of drug-likeness (QED) is 0.531. The molecule has 2 aromatic rings. The minimum atomic E-state index is -3.64. The summed E-state index contributed by atoms with van der Waals surface area (Å²) >= 11 is 1.14. The van der Waals surface area contributed by atoms with E-state index in [0.717, 1.165) is 28.5 Å². The van der Waals surface area contributed by atoms with Gasteiger partial charge in [0.25, 0.3) is 0 Å². The van der Waals surface area contributed by atoms with Gasteiger partial charge in [0.1, 0.15) is 4.21 Å². The second-order valence-corrected chi connectivity index (χ2v) is 7.59. The monoisotopic (exact) mass is 353 g/mol. The van der Waals surface area contributed by atoms with Crippen LogP contribution in [0.15, 0.2) is 45.7 Å². The first kappa shape index (κ1) is 17.4. The van der Waals surface area contributed by atoms with Crippen LogP contribution < -0.4 is 15.8 Å². The molecule has 124 valence electrons. The predicted molar refractivity (Wildman–Crippen MR) is 91.6 cm³/mol. The van der Waals surface area contributed by atoms with Gasteiger partial charge in [-0.3, -0.25) is 4.98 Å². The fraction of sp³-hybridized carbons (Fsp3) is 0.286. The molecule has 0 spiro atoms. The van der Waals surface area contributed by atoms with Crippen LogP contribution in [0.25, 0.3) is 0 Å². The van der Waals surface area contributed by atoms with Crippen LogP contribution in [-0.2, 0) is 23.1 Å². The molecule has 7 nitrogen and oxygen atoms in total. The first-order valence-electron chi connectivity index (χ1n) is 7.02. The molecule has 0 aromatic carbocycles. The van der Waals surface area contributed by atoms with Gasteiger partial charge in [0, 0.05) is 17.6 Å². The van der Waals surface area contributed by atoms with Crippen LogP contribution >= 0.6 is 11.3 Å². The topological polar surface area (TPSA) is 109 Å². The fourth-order valence-corrected chi connectivity index (χ4v) is 3.49. The molecule has 0 aliphatic rings. The van der Waals surface area contributed by atoms with Gasteiger partial charge < -0.3 is 10.6 Å². The Morgan fingerprint density at radius 1 is 1.30 bits per heavy atom. The number of nitrogens with two attached hydrogens (primary N) is 1. The van der Waals surface area contributed by atoms with E-state index >= 15 is 0 Å². The lowest BCUT2D eigenvalue weighted by Gasteiger charge is -2.10. The lowest BCUT2D eigenvalue weighted by atomic mass is 10.3. The number of aliphatic imine (C=N–C) groups is 1. The van der Waals surface area contributed by atoms with Gasteiger partial charge in [-0.1, -0.05) is 6.07 Å². The summed E-state index contributed by atoms with van der Waals surface area (Å²) in [7, 11) is -3.64. The Kier molecular flexibility index (Phi) is 6.08. The summed E-state index contributed by atoms with van der Waals surface area (Å²) in [6, 6.07) is 8.93. The molecule has 0 saturated carbocycles. The van der Waals surface area contributed by atoms with Crippen LogP contribution in [0.4, 0.5) is 0 Å². The van der Waals surface area contributed by atoms with Crippen molar-refractivity contribution < 1.29 is 8.42 Å². The van der Waals surface area contributed by atoms with Crippen molar-refractivity contribution in [2.45, 2.75) is 24.2 Å². The molecule has 2 aromatic heterocycles. The molecule has 0 amide bonds. The highest BCUT2D eigenvalue weighted by Crippen LogP contribution is 2.19. The summed E-state index contributed by atoms with van der Waals surface area (Å²) in [6.45, 7) is 3.63. The minimum Gasteiger partial charge on any atom is -0.357 e. The van der Waals surface area contributed by atoms with E-state index in [1.807, 2.05) is 25.1 Å². The molecule has 2 heterocycles. The lowest BCUT2D eigenvalue weighted by molar-refractivity contribution is 0.600. The average Bonchev–Trinajstić information content (AvgIpc) is 3.00. The maximum Gasteiger partial charge on any atom is 0.247 e. The zero-order valence-corrected chi connectivity index (χ0v) is 14.3. The van der Waals surface area contributed by atoms with Crippen LogP contribution in [0.2, 0.25) is 0 Å². The molecule has 2 rings (SSSR count). The third kappa shape index (κ3) is 5.62. The van der Waals surface area contributed by atoms with Crippen molar-refractivity contribution in [3.63, 3.8) is 0 Å². The van der Waals surface area contributed by atoms with Crippen LogP contribution in [0.3, 0.4) is 0 Å². The van der Waals surface area contributed by atoms with Crippen molar-refractivity contribution in [1.82, 2.24) is 15.6 Å². The molecule has 0 aliphatic heterocycles. The number of guanidine groups is 1. The van der Waals surface area contributed by atoms with E-state index in [0.29, 0.717) is 19.0 Å². The van der Waals surface area contributed by atoms with Gasteiger partial charge in [0.2, 0.25) is 10.0 Å². The van der Waals surface area contributed by atoms with Crippen molar-refractivity contribution >= 4 is 27.3 Å². The zero-order chi connectivity index (χ0) is 16.7. The third-order valence-corrected chi connectivity index (χ3v) is 5.34. The van der Waals surface area contributed by atoms with E-state index < -0.39 is 10.0 Å². The van der Waals surface area contributed by atoms with Gasteiger partial charge >= 0.3 is 0 Å². The molecule has 0 radical (unpaired) electrons. The fourth-order valence-electron chi connectivity index (χ4n) is 1.77. The number of thiophene rings is 1. The molecular weight excluding hydrogens is 334 g/mol. The highest BCUT2D eigenvalue weighted by Gasteiger charge is 2.11. The highest BCUT2D eigenvalue weighted by molar-refractivity contribution is 7.91. The molecule has 0 saturated heterocycles. The first-order valence-corrected chi connectivity index (χ1v) is 9.39. The van der Waals surface area contributed by atoms with E-state index in [4.69, 9.17) is 5.14 Å². The lowest BCUT2D eigenvalue weighted by Crippen LogP contribution is -2.36. The molecular formula is C14H19N5O2S2. The molecule has 0 fully saturated rings. The largest absolute Gasteiger partial charge is 0.357 e. The molecule has 0 aliphatic carbocycles. The summed E-state index contributed by atoms with van der Waals surface area (Å²) in [5.74, 6) is 0.642. The number of hydrogen-bond donors (Lipinski definition) is 3. The molecule has 0 atom stereocenters. The number of sulfonamides is 1. The minimum absolute atomic E-state index is 0.157. The van der Waals surface area contributed by atoms with E-state index in [2.05, 4.69) is 20.6 Å². The Bertz CT molecular complexity index is 756. The van der Waals surface area contributed by atoms with Crippen molar-refractivity contribution in [2.75, 3.05) is 6.54 Å². The van der Waals surface area contributed by atoms with Crippen molar-refractivity contribution in [3.05, 3.63) is 47.1 Å². The normalized spacial score (nSPS) is 12.2. The summed E-state index contributed by atoms with van der Waals surface area (Å²) in [5, 5.41) is 11.4. The molecule has 23 heavy (non-hydrogen) atoms. The van der Waals surface area contributed by atoms with Crippen molar-refractivity contribution in [3.8, 4) is 0 Å². The van der Waals surface area contributed by atoms with Crippen LogP contribution in [0.5, 0.6) is 0 Å². The number of hydrogen-bond acceptors (Lipinski definition) is 5. The summed E-state index contributed by atoms with van der Waals surface area (Å²) in [4.78, 5) is 9.53. The van der Waals surface area contributed by atoms with Crippen LogP contribution in [-0.4, -0.2) is 25.9 Å². The molecule has 9 heteroatoms. The maximum absolute atomic E-state index is 11.3. The van der Waals surface area contributed by atoms with E-state index in [1.165, 1.54) is 6.07 Å². The Morgan fingerprint density at radius 3 is 2.74 bits per heavy atom. The standard InChI is InChI=1S/C14H19N5O2S2/c1-2-16-14(18-9-11-5-3-4-8-17-11)19-10-12-6-7-13(22-12)23(15,20)21/h3-8H,2,9-10H2,1H3,(H2,15,20,21)(H2,16,18,19). The van der Waals surface area contributed by atoms with Crippen LogP contribution in [0, 0.1) is 0 Å². The zero-order valence-electron chi connectivity index (χ0n) is 12.7. The van der Waals surface area contributed by atoms with Gasteiger partial charge in [0.05, 0.1) is 18.8 Å². The Balaban J connectivity index is 1.98. The molecule has 4 N–H and O–H groups in total. The van der Waals surface area contributed by atoms with Gasteiger partial charge in [-0.05, 0) is 31.2 Å². The summed E-state index contributed by atoms with van der Waals surface area (Å²) in [5.41, 5.74) is 0.873. The number of rotatable bonds is 6. The first-order chi connectivity index (χ1) is 11.0. The summed E-state index contributed by atoms with van der Waals surface area (Å²) < 4.78 is 22.7. The maximum atomic E-state index is 11.3. The Hall–Kier alpha value is -1.97. The number of primary sulfonamides is 1. The molecule has 0 unspecified atom stereocenters. The number of nitrogens with one attached hydrogen (secondary N) is 2. The van der Waals surface area contributed by atoms with Crippen LogP contribution in [0.1, 0.15) is 17.5 Å². The third-order valence-electron chi connectivity index (χ3n) is 2.82. The van der Waals surface area contributed by atoms with Crippen molar-refractivity contribution in [2.24, 2.45) is 10.1 Å². The number of aromatic nitrogens is 1.